The molecule has 0 atom stereocenters. The van der Waals surface area contributed by atoms with Crippen molar-refractivity contribution in [1.82, 2.24) is 0 Å². The molecule has 0 bridgehead atoms. The molecule has 5 heteroatoms. The molecule has 0 aliphatic carbocycles. The Balaban J connectivity index is 2.16. The number of methoxy groups -OCH3 is 1. The van der Waals surface area contributed by atoms with E-state index in [9.17, 15) is 4.79 Å². The summed E-state index contributed by atoms with van der Waals surface area (Å²) in [6, 6.07) is 12.5. The third-order valence-corrected chi connectivity index (χ3v) is 3.76. The van der Waals surface area contributed by atoms with Gasteiger partial charge in [-0.05, 0) is 43.2 Å². The summed E-state index contributed by atoms with van der Waals surface area (Å²) in [5, 5.41) is 2.91. The Labute approximate surface area is 155 Å². The maximum Gasteiger partial charge on any atom is 0.255 e. The fraction of sp³-hybridized carbons (Fsp3) is 0.381. The first-order chi connectivity index (χ1) is 12.7. The molecule has 1 amide bonds. The van der Waals surface area contributed by atoms with Gasteiger partial charge in [0.2, 0.25) is 0 Å². The number of anilines is 1. The van der Waals surface area contributed by atoms with Gasteiger partial charge in [0.15, 0.2) is 0 Å². The summed E-state index contributed by atoms with van der Waals surface area (Å²) in [5.41, 5.74) is 1.12. The highest BCUT2D eigenvalue weighted by molar-refractivity contribution is 6.05. The Hall–Kier alpha value is -2.69. The van der Waals surface area contributed by atoms with Gasteiger partial charge in [-0.15, -0.1) is 0 Å². The number of amides is 1. The average Bonchev–Trinajstić information content (AvgIpc) is 2.67. The van der Waals surface area contributed by atoms with E-state index in [2.05, 4.69) is 12.2 Å². The maximum absolute atomic E-state index is 12.7. The molecule has 0 heterocycles. The van der Waals surface area contributed by atoms with E-state index in [0.717, 1.165) is 19.3 Å². The van der Waals surface area contributed by atoms with Crippen molar-refractivity contribution in [3.8, 4) is 17.2 Å². The fourth-order valence-electron chi connectivity index (χ4n) is 2.33. The number of rotatable bonds is 10. The van der Waals surface area contributed by atoms with Crippen LogP contribution >= 0.6 is 0 Å². The first-order valence-electron chi connectivity index (χ1n) is 9.03. The lowest BCUT2D eigenvalue weighted by Crippen LogP contribution is -2.13. The third-order valence-electron chi connectivity index (χ3n) is 3.76. The lowest BCUT2D eigenvalue weighted by atomic mass is 10.2. The summed E-state index contributed by atoms with van der Waals surface area (Å²) < 4.78 is 16.7. The van der Waals surface area contributed by atoms with Gasteiger partial charge in [0.1, 0.15) is 17.2 Å². The van der Waals surface area contributed by atoms with Gasteiger partial charge in [-0.3, -0.25) is 4.79 Å². The molecule has 0 aliphatic heterocycles. The predicted molar refractivity (Wildman–Crippen MR) is 104 cm³/mol. The molecule has 140 valence electrons. The summed E-state index contributed by atoms with van der Waals surface area (Å²) >= 11 is 0. The van der Waals surface area contributed by atoms with Crippen molar-refractivity contribution in [3.63, 3.8) is 0 Å². The van der Waals surface area contributed by atoms with E-state index >= 15 is 0 Å². The van der Waals surface area contributed by atoms with Crippen LogP contribution in [0, 0.1) is 0 Å². The molecule has 0 aromatic heterocycles. The Bertz CT molecular complexity index is 715. The van der Waals surface area contributed by atoms with Crippen molar-refractivity contribution in [1.29, 1.82) is 0 Å². The quantitative estimate of drug-likeness (QED) is 0.614. The van der Waals surface area contributed by atoms with Gasteiger partial charge >= 0.3 is 0 Å². The van der Waals surface area contributed by atoms with E-state index in [1.165, 1.54) is 0 Å². The maximum atomic E-state index is 12.7. The molecule has 0 spiro atoms. The highest BCUT2D eigenvalue weighted by Crippen LogP contribution is 2.30. The molecule has 0 aliphatic rings. The lowest BCUT2D eigenvalue weighted by Gasteiger charge is -2.14. The minimum absolute atomic E-state index is 0.222. The van der Waals surface area contributed by atoms with Crippen LogP contribution in [0.2, 0.25) is 0 Å². The SMILES string of the molecule is CCCCOc1ccc(OC)cc1NC(=O)c1cccc(OCCC)c1. The highest BCUT2D eigenvalue weighted by atomic mass is 16.5. The smallest absolute Gasteiger partial charge is 0.255 e. The van der Waals surface area contributed by atoms with Crippen molar-refractivity contribution >= 4 is 11.6 Å². The number of unbranched alkanes of at least 4 members (excludes halogenated alkanes) is 1. The van der Waals surface area contributed by atoms with Gasteiger partial charge in [-0.25, -0.2) is 0 Å². The standard InChI is InChI=1S/C21H27NO4/c1-4-6-13-26-20-11-10-17(24-3)15-19(20)22-21(23)16-8-7-9-18(14-16)25-12-5-2/h7-11,14-15H,4-6,12-13H2,1-3H3,(H,22,23). The Morgan fingerprint density at radius 1 is 0.962 bits per heavy atom. The largest absolute Gasteiger partial charge is 0.497 e. The van der Waals surface area contributed by atoms with Crippen molar-refractivity contribution in [2.24, 2.45) is 0 Å². The topological polar surface area (TPSA) is 56.8 Å². The lowest BCUT2D eigenvalue weighted by molar-refractivity contribution is 0.102. The zero-order valence-corrected chi connectivity index (χ0v) is 15.7. The number of ether oxygens (including phenoxy) is 3. The summed E-state index contributed by atoms with van der Waals surface area (Å²) in [4.78, 5) is 12.7. The molecule has 2 rings (SSSR count). The molecule has 1 N–H and O–H groups in total. The van der Waals surface area contributed by atoms with Crippen LogP contribution < -0.4 is 19.5 Å². The molecule has 2 aromatic rings. The number of carbonyl (C=O) groups is 1. The molecular formula is C21H27NO4. The normalized spacial score (nSPS) is 10.3. The van der Waals surface area contributed by atoms with Crippen LogP contribution in [-0.4, -0.2) is 26.2 Å². The van der Waals surface area contributed by atoms with Crippen LogP contribution in [0.15, 0.2) is 42.5 Å². The predicted octanol–water partition coefficient (Wildman–Crippen LogP) is 4.92. The summed E-state index contributed by atoms with van der Waals surface area (Å²) in [6.07, 6.45) is 2.91. The monoisotopic (exact) mass is 357 g/mol. The van der Waals surface area contributed by atoms with Crippen molar-refractivity contribution in [2.45, 2.75) is 33.1 Å². The van der Waals surface area contributed by atoms with E-state index in [-0.39, 0.29) is 5.91 Å². The Morgan fingerprint density at radius 2 is 1.81 bits per heavy atom. The molecule has 0 saturated carbocycles. The molecule has 5 nitrogen and oxygen atoms in total. The fourth-order valence-corrected chi connectivity index (χ4v) is 2.33. The zero-order chi connectivity index (χ0) is 18.8. The second-order valence-electron chi connectivity index (χ2n) is 5.89. The van der Waals surface area contributed by atoms with Crippen molar-refractivity contribution in [3.05, 3.63) is 48.0 Å². The summed E-state index contributed by atoms with van der Waals surface area (Å²) in [6.45, 7) is 5.37. The van der Waals surface area contributed by atoms with Gasteiger partial charge in [0, 0.05) is 11.6 Å². The molecule has 0 radical (unpaired) electrons. The molecule has 0 saturated heterocycles. The first-order valence-corrected chi connectivity index (χ1v) is 9.03. The average molecular weight is 357 g/mol. The second-order valence-corrected chi connectivity index (χ2v) is 5.89. The van der Waals surface area contributed by atoms with Crippen LogP contribution in [0.3, 0.4) is 0 Å². The Morgan fingerprint density at radius 3 is 2.54 bits per heavy atom. The number of hydrogen-bond donors (Lipinski definition) is 1. The zero-order valence-electron chi connectivity index (χ0n) is 15.7. The van der Waals surface area contributed by atoms with Gasteiger partial charge < -0.3 is 19.5 Å². The molecule has 0 fully saturated rings. The van der Waals surface area contributed by atoms with Crippen molar-refractivity contribution < 1.29 is 19.0 Å². The summed E-state index contributed by atoms with van der Waals surface area (Å²) in [5.74, 6) is 1.75. The van der Waals surface area contributed by atoms with E-state index in [1.807, 2.05) is 31.2 Å². The highest BCUT2D eigenvalue weighted by Gasteiger charge is 2.12. The number of carbonyl (C=O) groups excluding carboxylic acids is 1. The summed E-state index contributed by atoms with van der Waals surface area (Å²) in [7, 11) is 1.59. The van der Waals surface area contributed by atoms with E-state index in [4.69, 9.17) is 14.2 Å². The molecule has 0 unspecified atom stereocenters. The van der Waals surface area contributed by atoms with Crippen LogP contribution in [0.25, 0.3) is 0 Å². The minimum Gasteiger partial charge on any atom is -0.497 e. The number of hydrogen-bond acceptors (Lipinski definition) is 4. The number of nitrogens with one attached hydrogen (secondary N) is 1. The third kappa shape index (κ3) is 5.69. The number of benzene rings is 2. The Kier molecular flexibility index (Phi) is 7.80. The van der Waals surface area contributed by atoms with Crippen LogP contribution in [-0.2, 0) is 0 Å². The first kappa shape index (κ1) is 19.6. The second kappa shape index (κ2) is 10.3. The van der Waals surface area contributed by atoms with Gasteiger partial charge in [0.25, 0.3) is 5.91 Å². The van der Waals surface area contributed by atoms with Crippen molar-refractivity contribution in [2.75, 3.05) is 25.6 Å². The van der Waals surface area contributed by atoms with E-state index < -0.39 is 0 Å². The molecule has 2 aromatic carbocycles. The van der Waals surface area contributed by atoms with Crippen LogP contribution in [0.1, 0.15) is 43.5 Å². The van der Waals surface area contributed by atoms with Crippen LogP contribution in [0.5, 0.6) is 17.2 Å². The van der Waals surface area contributed by atoms with Gasteiger partial charge in [-0.1, -0.05) is 26.3 Å². The minimum atomic E-state index is -0.222. The molecule has 26 heavy (non-hydrogen) atoms. The van der Waals surface area contributed by atoms with Gasteiger partial charge in [0.05, 0.1) is 26.0 Å². The van der Waals surface area contributed by atoms with E-state index in [0.29, 0.717) is 41.7 Å². The van der Waals surface area contributed by atoms with Crippen LogP contribution in [0.4, 0.5) is 5.69 Å². The van der Waals surface area contributed by atoms with E-state index in [1.54, 1.807) is 25.3 Å². The molecular weight excluding hydrogens is 330 g/mol. The van der Waals surface area contributed by atoms with Gasteiger partial charge in [-0.2, -0.15) is 0 Å².